The van der Waals surface area contributed by atoms with Crippen molar-refractivity contribution in [2.75, 3.05) is 14.2 Å². The van der Waals surface area contributed by atoms with Crippen LogP contribution in [0.2, 0.25) is 0 Å². The third-order valence-electron chi connectivity index (χ3n) is 4.87. The molecular weight excluding hydrogens is 333 g/mol. The van der Waals surface area contributed by atoms with E-state index < -0.39 is 0 Å². The van der Waals surface area contributed by atoms with E-state index in [9.17, 15) is 4.39 Å². The van der Waals surface area contributed by atoms with Crippen molar-refractivity contribution in [2.45, 2.75) is 50.7 Å². The molecule has 2 nitrogen and oxygen atoms in total. The first-order valence-electron chi connectivity index (χ1n) is 7.66. The van der Waals surface area contributed by atoms with Gasteiger partial charge >= 0.3 is 0 Å². The zero-order valence-electron chi connectivity index (χ0n) is 13.1. The summed E-state index contributed by atoms with van der Waals surface area (Å²) in [7, 11) is 3.78. The fourth-order valence-corrected chi connectivity index (χ4v) is 3.97. The molecule has 0 aromatic heterocycles. The van der Waals surface area contributed by atoms with E-state index in [0.717, 1.165) is 35.2 Å². The molecule has 1 aliphatic carbocycles. The van der Waals surface area contributed by atoms with Crippen LogP contribution in [0.25, 0.3) is 0 Å². The molecule has 2 rings (SSSR count). The van der Waals surface area contributed by atoms with Gasteiger partial charge in [0.05, 0.1) is 5.60 Å². The maximum Gasteiger partial charge on any atom is 0.124 e. The maximum atomic E-state index is 13.6. The average molecular weight is 358 g/mol. The Labute approximate surface area is 135 Å². The molecule has 4 heteroatoms. The quantitative estimate of drug-likeness (QED) is 0.847. The molecule has 0 aliphatic heterocycles. The van der Waals surface area contributed by atoms with E-state index in [1.165, 1.54) is 18.9 Å². The van der Waals surface area contributed by atoms with Gasteiger partial charge in [-0.2, -0.15) is 0 Å². The van der Waals surface area contributed by atoms with E-state index in [-0.39, 0.29) is 17.5 Å². The van der Waals surface area contributed by atoms with Crippen LogP contribution in [0.15, 0.2) is 22.7 Å². The molecule has 0 radical (unpaired) electrons. The van der Waals surface area contributed by atoms with Gasteiger partial charge in [-0.05, 0) is 68.8 Å². The van der Waals surface area contributed by atoms with Crippen molar-refractivity contribution in [3.63, 3.8) is 0 Å². The molecule has 0 spiro atoms. The molecule has 0 bridgehead atoms. The van der Waals surface area contributed by atoms with Gasteiger partial charge in [0.25, 0.3) is 0 Å². The van der Waals surface area contributed by atoms with Crippen molar-refractivity contribution >= 4 is 15.9 Å². The van der Waals surface area contributed by atoms with E-state index in [1.807, 2.05) is 20.2 Å². The van der Waals surface area contributed by atoms with E-state index in [4.69, 9.17) is 4.74 Å². The van der Waals surface area contributed by atoms with E-state index in [1.54, 1.807) is 6.07 Å². The van der Waals surface area contributed by atoms with Gasteiger partial charge in [0.15, 0.2) is 0 Å². The van der Waals surface area contributed by atoms with Gasteiger partial charge in [-0.15, -0.1) is 0 Å². The van der Waals surface area contributed by atoms with Gasteiger partial charge in [-0.25, -0.2) is 4.39 Å². The molecule has 0 saturated heterocycles. The van der Waals surface area contributed by atoms with Crippen LogP contribution in [0.3, 0.4) is 0 Å². The Morgan fingerprint density at radius 1 is 1.38 bits per heavy atom. The highest BCUT2D eigenvalue weighted by atomic mass is 79.9. The molecule has 118 valence electrons. The first-order chi connectivity index (χ1) is 9.99. The summed E-state index contributed by atoms with van der Waals surface area (Å²) in [6.07, 6.45) is 5.28. The zero-order chi connectivity index (χ0) is 15.5. The Balaban J connectivity index is 2.17. The van der Waals surface area contributed by atoms with Crippen molar-refractivity contribution in [3.8, 4) is 0 Å². The largest absolute Gasteiger partial charge is 0.377 e. The van der Waals surface area contributed by atoms with Crippen LogP contribution in [0, 0.1) is 11.7 Å². The third-order valence-corrected chi connectivity index (χ3v) is 5.33. The fraction of sp³-hybridized carbons (Fsp3) is 0.647. The SMILES string of the molecule is CNC(Cc1cc(F)cc(Br)c1)C1(OC)CCC(C)CC1. The van der Waals surface area contributed by atoms with Crippen LogP contribution in [0.1, 0.15) is 38.2 Å². The average Bonchev–Trinajstić information content (AvgIpc) is 2.45. The lowest BCUT2D eigenvalue weighted by Gasteiger charge is -2.44. The lowest BCUT2D eigenvalue weighted by atomic mass is 9.74. The van der Waals surface area contributed by atoms with Crippen molar-refractivity contribution in [1.29, 1.82) is 0 Å². The minimum Gasteiger partial charge on any atom is -0.377 e. The molecular formula is C17H25BrFNO. The molecule has 0 amide bonds. The zero-order valence-corrected chi connectivity index (χ0v) is 14.7. The van der Waals surface area contributed by atoms with Gasteiger partial charge in [-0.3, -0.25) is 0 Å². The first kappa shape index (κ1) is 16.9. The fourth-order valence-electron chi connectivity index (χ4n) is 3.46. The number of likely N-dealkylation sites (N-methyl/N-ethyl adjacent to an activating group) is 1. The van der Waals surface area contributed by atoms with Crippen LogP contribution in [0.4, 0.5) is 4.39 Å². The number of rotatable bonds is 5. The molecule has 1 unspecified atom stereocenters. The molecule has 1 aromatic rings. The summed E-state index contributed by atoms with van der Waals surface area (Å²) in [5.74, 6) is 0.576. The number of hydrogen-bond donors (Lipinski definition) is 1. The van der Waals surface area contributed by atoms with Gasteiger partial charge in [-0.1, -0.05) is 22.9 Å². The Morgan fingerprint density at radius 2 is 2.05 bits per heavy atom. The number of methoxy groups -OCH3 is 1. The van der Waals surface area contributed by atoms with Crippen LogP contribution < -0.4 is 5.32 Å². The normalized spacial score (nSPS) is 27.6. The molecule has 1 fully saturated rings. The van der Waals surface area contributed by atoms with Crippen LogP contribution in [-0.2, 0) is 11.2 Å². The monoisotopic (exact) mass is 357 g/mol. The Morgan fingerprint density at radius 3 is 2.57 bits per heavy atom. The third kappa shape index (κ3) is 4.05. The van der Waals surface area contributed by atoms with Gasteiger partial charge in [0.2, 0.25) is 0 Å². The number of benzene rings is 1. The predicted molar refractivity (Wildman–Crippen MR) is 88.0 cm³/mol. The van der Waals surface area contributed by atoms with Crippen molar-refractivity contribution in [2.24, 2.45) is 5.92 Å². The molecule has 1 atom stereocenters. The topological polar surface area (TPSA) is 21.3 Å². The molecule has 1 aliphatic rings. The van der Waals surface area contributed by atoms with Crippen LogP contribution >= 0.6 is 15.9 Å². The highest BCUT2D eigenvalue weighted by Gasteiger charge is 2.40. The second-order valence-corrected chi connectivity index (χ2v) is 7.19. The number of halogens is 2. The molecule has 1 saturated carbocycles. The Hall–Kier alpha value is -0.450. The van der Waals surface area contributed by atoms with Crippen molar-refractivity contribution in [3.05, 3.63) is 34.1 Å². The van der Waals surface area contributed by atoms with E-state index in [0.29, 0.717) is 0 Å². The first-order valence-corrected chi connectivity index (χ1v) is 8.46. The predicted octanol–water partition coefficient (Wildman–Crippen LogP) is 4.31. The molecule has 0 heterocycles. The number of hydrogen-bond acceptors (Lipinski definition) is 2. The minimum atomic E-state index is -0.196. The molecule has 1 aromatic carbocycles. The number of nitrogens with one attached hydrogen (secondary N) is 1. The van der Waals surface area contributed by atoms with Gasteiger partial charge < -0.3 is 10.1 Å². The maximum absolute atomic E-state index is 13.6. The second-order valence-electron chi connectivity index (χ2n) is 6.27. The van der Waals surface area contributed by atoms with E-state index >= 15 is 0 Å². The lowest BCUT2D eigenvalue weighted by Crippen LogP contribution is -2.54. The summed E-state index contributed by atoms with van der Waals surface area (Å²) < 4.78 is 20.3. The van der Waals surface area contributed by atoms with Crippen LogP contribution in [-0.4, -0.2) is 25.8 Å². The highest BCUT2D eigenvalue weighted by molar-refractivity contribution is 9.10. The molecule has 1 N–H and O–H groups in total. The summed E-state index contributed by atoms with van der Waals surface area (Å²) in [6, 6.07) is 5.29. The lowest BCUT2D eigenvalue weighted by molar-refractivity contribution is -0.0730. The standard InChI is InChI=1S/C17H25BrFNO/c1-12-4-6-17(21-3,7-5-12)16(20-2)10-13-8-14(18)11-15(19)9-13/h8-9,11-12,16,20H,4-7,10H2,1-3H3. The van der Waals surface area contributed by atoms with Crippen molar-refractivity contribution in [1.82, 2.24) is 5.32 Å². The minimum absolute atomic E-state index is 0.139. The number of ether oxygens (including phenoxy) is 1. The van der Waals surface area contributed by atoms with E-state index in [2.05, 4.69) is 28.2 Å². The summed E-state index contributed by atoms with van der Waals surface area (Å²) in [5.41, 5.74) is 0.858. The Kier molecular flexibility index (Phi) is 5.81. The smallest absolute Gasteiger partial charge is 0.124 e. The highest BCUT2D eigenvalue weighted by Crippen LogP contribution is 2.38. The van der Waals surface area contributed by atoms with Crippen LogP contribution in [0.5, 0.6) is 0 Å². The summed E-state index contributed by atoms with van der Waals surface area (Å²) in [6.45, 7) is 2.30. The second kappa shape index (κ2) is 7.21. The Bertz CT molecular complexity index is 452. The van der Waals surface area contributed by atoms with Gasteiger partial charge in [0, 0.05) is 17.6 Å². The summed E-state index contributed by atoms with van der Waals surface area (Å²) in [4.78, 5) is 0. The van der Waals surface area contributed by atoms with Gasteiger partial charge in [0.1, 0.15) is 5.82 Å². The van der Waals surface area contributed by atoms with Crippen molar-refractivity contribution < 1.29 is 9.13 Å². The summed E-state index contributed by atoms with van der Waals surface area (Å²) >= 11 is 3.37. The summed E-state index contributed by atoms with van der Waals surface area (Å²) in [5, 5.41) is 3.40. The molecule has 21 heavy (non-hydrogen) atoms.